The first-order chi connectivity index (χ1) is 7.96. The number of amides is 1. The van der Waals surface area contributed by atoms with E-state index < -0.39 is 0 Å². The van der Waals surface area contributed by atoms with Gasteiger partial charge in [-0.1, -0.05) is 0 Å². The average Bonchev–Trinajstić information content (AvgIpc) is 2.26. The van der Waals surface area contributed by atoms with E-state index in [1.807, 2.05) is 20.8 Å². The van der Waals surface area contributed by atoms with Gasteiger partial charge < -0.3 is 15.4 Å². The van der Waals surface area contributed by atoms with E-state index in [2.05, 4.69) is 15.6 Å². The number of aromatic nitrogens is 1. The van der Waals surface area contributed by atoms with E-state index in [0.29, 0.717) is 18.1 Å². The number of rotatable bonds is 1. The van der Waals surface area contributed by atoms with Crippen LogP contribution in [0.15, 0.2) is 12.3 Å². The second-order valence-corrected chi connectivity index (χ2v) is 5.06. The van der Waals surface area contributed by atoms with Crippen LogP contribution in [0, 0.1) is 0 Å². The van der Waals surface area contributed by atoms with Crippen LogP contribution in [0.2, 0.25) is 0 Å². The van der Waals surface area contributed by atoms with Crippen LogP contribution < -0.4 is 15.4 Å². The molecule has 0 aromatic carbocycles. The van der Waals surface area contributed by atoms with Crippen LogP contribution in [0.25, 0.3) is 0 Å². The van der Waals surface area contributed by atoms with Crippen LogP contribution >= 0.6 is 0 Å². The summed E-state index contributed by atoms with van der Waals surface area (Å²) in [7, 11) is 0. The van der Waals surface area contributed by atoms with Crippen molar-refractivity contribution in [3.05, 3.63) is 17.8 Å². The van der Waals surface area contributed by atoms with Crippen molar-refractivity contribution in [2.45, 2.75) is 26.3 Å². The SMILES string of the molecule is CC(C)(C)NC(=O)c1cnc2c(c1)NCCO2. The summed E-state index contributed by atoms with van der Waals surface area (Å²) in [5, 5.41) is 6.05. The molecule has 0 saturated carbocycles. The summed E-state index contributed by atoms with van der Waals surface area (Å²) in [6.45, 7) is 7.17. The molecule has 0 fully saturated rings. The topological polar surface area (TPSA) is 63.2 Å². The van der Waals surface area contributed by atoms with Gasteiger partial charge in [-0.05, 0) is 26.8 Å². The smallest absolute Gasteiger partial charge is 0.253 e. The zero-order valence-corrected chi connectivity index (χ0v) is 10.3. The quantitative estimate of drug-likeness (QED) is 0.772. The van der Waals surface area contributed by atoms with E-state index >= 15 is 0 Å². The molecule has 92 valence electrons. The normalized spacial score (nSPS) is 14.3. The maximum atomic E-state index is 11.9. The number of carbonyl (C=O) groups excluding carboxylic acids is 1. The average molecular weight is 235 g/mol. The lowest BCUT2D eigenvalue weighted by Gasteiger charge is -2.22. The zero-order valence-electron chi connectivity index (χ0n) is 10.3. The number of carbonyl (C=O) groups is 1. The van der Waals surface area contributed by atoms with Crippen LogP contribution in [-0.2, 0) is 0 Å². The number of nitrogens with one attached hydrogen (secondary N) is 2. The van der Waals surface area contributed by atoms with E-state index in [4.69, 9.17) is 4.74 Å². The Hall–Kier alpha value is -1.78. The summed E-state index contributed by atoms with van der Waals surface area (Å²) in [6.07, 6.45) is 1.53. The first kappa shape index (κ1) is 11.7. The predicted octanol–water partition coefficient (Wildman–Crippen LogP) is 1.41. The highest BCUT2D eigenvalue weighted by Gasteiger charge is 2.18. The molecule has 1 amide bonds. The van der Waals surface area contributed by atoms with Gasteiger partial charge in [-0.15, -0.1) is 0 Å². The molecule has 1 aliphatic heterocycles. The monoisotopic (exact) mass is 235 g/mol. The highest BCUT2D eigenvalue weighted by Crippen LogP contribution is 2.25. The second kappa shape index (κ2) is 4.24. The fourth-order valence-corrected chi connectivity index (χ4v) is 1.56. The summed E-state index contributed by atoms with van der Waals surface area (Å²) in [4.78, 5) is 16.1. The minimum atomic E-state index is -0.253. The molecule has 2 heterocycles. The minimum Gasteiger partial charge on any atom is -0.474 e. The van der Waals surface area contributed by atoms with Crippen molar-refractivity contribution in [3.8, 4) is 5.88 Å². The number of fused-ring (bicyclic) bond motifs is 1. The summed E-state index contributed by atoms with van der Waals surface area (Å²) >= 11 is 0. The fraction of sp³-hybridized carbons (Fsp3) is 0.500. The Morgan fingerprint density at radius 1 is 1.53 bits per heavy atom. The molecule has 2 N–H and O–H groups in total. The summed E-state index contributed by atoms with van der Waals surface area (Å²) in [5.41, 5.74) is 1.06. The van der Waals surface area contributed by atoms with Gasteiger partial charge >= 0.3 is 0 Å². The van der Waals surface area contributed by atoms with Crippen LogP contribution in [-0.4, -0.2) is 29.6 Å². The number of pyridine rings is 1. The van der Waals surface area contributed by atoms with E-state index in [0.717, 1.165) is 12.2 Å². The lowest BCUT2D eigenvalue weighted by atomic mass is 10.1. The number of nitrogens with zero attached hydrogens (tertiary/aromatic N) is 1. The third-order valence-corrected chi connectivity index (χ3v) is 2.26. The van der Waals surface area contributed by atoms with Gasteiger partial charge in [0, 0.05) is 18.3 Å². The van der Waals surface area contributed by atoms with Crippen LogP contribution in [0.5, 0.6) is 5.88 Å². The molecular formula is C12H17N3O2. The lowest BCUT2D eigenvalue weighted by Crippen LogP contribution is -2.40. The summed E-state index contributed by atoms with van der Waals surface area (Å²) in [5.74, 6) is 0.434. The molecule has 0 aliphatic carbocycles. The minimum absolute atomic E-state index is 0.125. The summed E-state index contributed by atoms with van der Waals surface area (Å²) in [6, 6.07) is 1.77. The van der Waals surface area contributed by atoms with Gasteiger partial charge in [-0.2, -0.15) is 0 Å². The van der Waals surface area contributed by atoms with Gasteiger partial charge in [0.1, 0.15) is 6.61 Å². The lowest BCUT2D eigenvalue weighted by molar-refractivity contribution is 0.0919. The molecule has 1 aliphatic rings. The molecule has 2 rings (SSSR count). The molecule has 0 bridgehead atoms. The molecule has 0 spiro atoms. The molecule has 1 aromatic heterocycles. The van der Waals surface area contributed by atoms with Crippen LogP contribution in [0.3, 0.4) is 0 Å². The van der Waals surface area contributed by atoms with E-state index in [9.17, 15) is 4.79 Å². The number of hydrogen-bond acceptors (Lipinski definition) is 4. The Morgan fingerprint density at radius 2 is 2.29 bits per heavy atom. The number of ether oxygens (including phenoxy) is 1. The molecule has 17 heavy (non-hydrogen) atoms. The van der Waals surface area contributed by atoms with Crippen molar-refractivity contribution >= 4 is 11.6 Å². The Kier molecular flexibility index (Phi) is 2.92. The highest BCUT2D eigenvalue weighted by molar-refractivity contribution is 5.95. The van der Waals surface area contributed by atoms with E-state index in [1.54, 1.807) is 6.07 Å². The van der Waals surface area contributed by atoms with Crippen molar-refractivity contribution in [1.82, 2.24) is 10.3 Å². The Bertz CT molecular complexity index is 438. The molecule has 0 saturated heterocycles. The van der Waals surface area contributed by atoms with Gasteiger partial charge in [-0.3, -0.25) is 4.79 Å². The van der Waals surface area contributed by atoms with Crippen molar-refractivity contribution in [3.63, 3.8) is 0 Å². The molecular weight excluding hydrogens is 218 g/mol. The summed E-state index contributed by atoms with van der Waals surface area (Å²) < 4.78 is 5.35. The Labute approximate surface area is 101 Å². The van der Waals surface area contributed by atoms with Crippen molar-refractivity contribution in [1.29, 1.82) is 0 Å². The molecule has 0 radical (unpaired) electrons. The predicted molar refractivity (Wildman–Crippen MR) is 65.4 cm³/mol. The Balaban J connectivity index is 2.19. The second-order valence-electron chi connectivity index (χ2n) is 5.06. The fourth-order valence-electron chi connectivity index (χ4n) is 1.56. The molecule has 5 nitrogen and oxygen atoms in total. The van der Waals surface area contributed by atoms with Gasteiger partial charge in [0.15, 0.2) is 0 Å². The highest BCUT2D eigenvalue weighted by atomic mass is 16.5. The van der Waals surface area contributed by atoms with Gasteiger partial charge in [0.25, 0.3) is 5.91 Å². The van der Waals surface area contributed by atoms with E-state index in [-0.39, 0.29) is 11.4 Å². The Morgan fingerprint density at radius 3 is 3.00 bits per heavy atom. The van der Waals surface area contributed by atoms with E-state index in [1.165, 1.54) is 6.20 Å². The van der Waals surface area contributed by atoms with Gasteiger partial charge in [-0.25, -0.2) is 4.98 Å². The number of anilines is 1. The van der Waals surface area contributed by atoms with Gasteiger partial charge in [0.05, 0.1) is 11.3 Å². The van der Waals surface area contributed by atoms with Crippen molar-refractivity contribution in [2.24, 2.45) is 0 Å². The largest absolute Gasteiger partial charge is 0.474 e. The zero-order chi connectivity index (χ0) is 12.5. The maximum absolute atomic E-state index is 11.9. The van der Waals surface area contributed by atoms with Crippen molar-refractivity contribution < 1.29 is 9.53 Å². The van der Waals surface area contributed by atoms with Gasteiger partial charge in [0.2, 0.25) is 5.88 Å². The van der Waals surface area contributed by atoms with Crippen LogP contribution in [0.4, 0.5) is 5.69 Å². The molecule has 1 aromatic rings. The standard InChI is InChI=1S/C12H17N3O2/c1-12(2,3)15-10(16)8-6-9-11(14-7-8)17-5-4-13-9/h6-7,13H,4-5H2,1-3H3,(H,15,16). The molecule has 5 heteroatoms. The number of hydrogen-bond donors (Lipinski definition) is 2. The molecule has 0 atom stereocenters. The third kappa shape index (κ3) is 2.87. The van der Waals surface area contributed by atoms with Crippen LogP contribution in [0.1, 0.15) is 31.1 Å². The molecule has 0 unspecified atom stereocenters. The van der Waals surface area contributed by atoms with Crippen molar-refractivity contribution in [2.75, 3.05) is 18.5 Å². The first-order valence-electron chi connectivity index (χ1n) is 5.65. The third-order valence-electron chi connectivity index (χ3n) is 2.26. The first-order valence-corrected chi connectivity index (χ1v) is 5.65. The maximum Gasteiger partial charge on any atom is 0.253 e.